The fourth-order valence-corrected chi connectivity index (χ4v) is 6.35. The number of rotatable bonds is 7. The lowest BCUT2D eigenvalue weighted by Crippen LogP contribution is -2.52. The Hall–Kier alpha value is -3.33. The molecule has 3 aliphatic heterocycles. The van der Waals surface area contributed by atoms with Crippen molar-refractivity contribution in [2.45, 2.75) is 38.5 Å². The van der Waals surface area contributed by atoms with E-state index < -0.39 is 24.1 Å². The number of piperazine rings is 1. The molecule has 0 radical (unpaired) electrons. The zero-order valence-corrected chi connectivity index (χ0v) is 23.3. The van der Waals surface area contributed by atoms with Crippen molar-refractivity contribution in [2.24, 2.45) is 11.8 Å². The molecule has 3 fully saturated rings. The van der Waals surface area contributed by atoms with Gasteiger partial charge in [-0.3, -0.25) is 14.4 Å². The second kappa shape index (κ2) is 11.4. The van der Waals surface area contributed by atoms with Gasteiger partial charge in [0.15, 0.2) is 10.9 Å². The molecule has 0 aliphatic carbocycles. The number of ketones is 1. The van der Waals surface area contributed by atoms with E-state index in [2.05, 4.69) is 28.2 Å². The van der Waals surface area contributed by atoms with Gasteiger partial charge < -0.3 is 24.8 Å². The van der Waals surface area contributed by atoms with Gasteiger partial charge in [0.1, 0.15) is 24.8 Å². The van der Waals surface area contributed by atoms with Crippen LogP contribution in [0.5, 0.6) is 0 Å². The van der Waals surface area contributed by atoms with Crippen LogP contribution >= 0.6 is 11.3 Å². The molecule has 11 heteroatoms. The summed E-state index contributed by atoms with van der Waals surface area (Å²) in [5.74, 6) is -1.34. The van der Waals surface area contributed by atoms with E-state index in [0.717, 1.165) is 42.6 Å². The van der Waals surface area contributed by atoms with Crippen molar-refractivity contribution in [2.75, 3.05) is 51.3 Å². The van der Waals surface area contributed by atoms with Gasteiger partial charge in [-0.25, -0.2) is 4.98 Å². The number of nitrogens with one attached hydrogen (secondary N) is 1. The molecule has 0 spiro atoms. The molecule has 206 valence electrons. The van der Waals surface area contributed by atoms with Crippen LogP contribution in [0.4, 0.5) is 5.13 Å². The molecular weight excluding hydrogens is 516 g/mol. The van der Waals surface area contributed by atoms with Gasteiger partial charge in [0.05, 0.1) is 17.7 Å². The number of nitriles is 1. The Morgan fingerprint density at radius 3 is 2.59 bits per heavy atom. The van der Waals surface area contributed by atoms with E-state index in [0.29, 0.717) is 12.0 Å². The lowest BCUT2D eigenvalue weighted by molar-refractivity contribution is -0.138. The van der Waals surface area contributed by atoms with Crippen molar-refractivity contribution in [1.82, 2.24) is 20.1 Å². The van der Waals surface area contributed by atoms with E-state index in [-0.39, 0.29) is 36.7 Å². The van der Waals surface area contributed by atoms with E-state index >= 15 is 0 Å². The smallest absolute Gasteiger partial charge is 0.251 e. The third-order valence-electron chi connectivity index (χ3n) is 7.65. The first-order valence-electron chi connectivity index (χ1n) is 13.4. The number of carbonyl (C=O) groups is 3. The maximum absolute atomic E-state index is 13.6. The normalized spacial score (nSPS) is 24.1. The highest BCUT2D eigenvalue weighted by atomic mass is 32.1. The van der Waals surface area contributed by atoms with Crippen LogP contribution in [0, 0.1) is 23.2 Å². The van der Waals surface area contributed by atoms with E-state index in [1.165, 1.54) is 4.90 Å². The van der Waals surface area contributed by atoms with Gasteiger partial charge in [0, 0.05) is 49.2 Å². The summed E-state index contributed by atoms with van der Waals surface area (Å²) in [6.45, 7) is 7.91. The highest BCUT2D eigenvalue weighted by molar-refractivity contribution is 7.14. The summed E-state index contributed by atoms with van der Waals surface area (Å²) in [5.41, 5.74) is 2.22. The Morgan fingerprint density at radius 1 is 1.21 bits per heavy atom. The number of nitrogens with zero attached hydrogens (tertiary/aromatic N) is 5. The number of amides is 2. The summed E-state index contributed by atoms with van der Waals surface area (Å²) >= 11 is 1.62. The number of carbonyl (C=O) groups excluding carboxylic acids is 3. The van der Waals surface area contributed by atoms with Gasteiger partial charge in [-0.1, -0.05) is 26.0 Å². The first kappa shape index (κ1) is 27.2. The molecule has 0 unspecified atom stereocenters. The first-order valence-corrected chi connectivity index (χ1v) is 14.3. The zero-order chi connectivity index (χ0) is 27.7. The SMILES string of the molecule is CC(C)C[C@H](NC(=O)c1ccc(-c2csc(N3CCN(C)CC3)n2)cc1)C(=O)N1C[C@@H](C#N)[C@H]2OCC(=O)[C@H]21. The van der Waals surface area contributed by atoms with Crippen LogP contribution < -0.4 is 10.2 Å². The predicted octanol–water partition coefficient (Wildman–Crippen LogP) is 2.02. The Morgan fingerprint density at radius 2 is 1.92 bits per heavy atom. The van der Waals surface area contributed by atoms with Crippen LogP contribution in [0.1, 0.15) is 30.6 Å². The maximum Gasteiger partial charge on any atom is 0.251 e. The van der Waals surface area contributed by atoms with Gasteiger partial charge in [0.2, 0.25) is 5.91 Å². The van der Waals surface area contributed by atoms with Crippen LogP contribution in [0.15, 0.2) is 29.6 Å². The lowest BCUT2D eigenvalue weighted by Gasteiger charge is -2.32. The summed E-state index contributed by atoms with van der Waals surface area (Å²) < 4.78 is 5.51. The molecule has 4 atom stereocenters. The standard InChI is InChI=1S/C28H34N6O4S/c1-17(2)12-21(27(37)34-14-20(13-29)25-24(34)23(35)15-38-25)30-26(36)19-6-4-18(5-7-19)22-16-39-28(31-22)33-10-8-32(3)9-11-33/h4-7,16-17,20-21,24-25H,8-12,14-15H2,1-3H3,(H,30,36)/t20-,21+,24-,25-/m1/s1. The van der Waals surface area contributed by atoms with Crippen LogP contribution in [-0.4, -0.2) is 96.9 Å². The topological polar surface area (TPSA) is 119 Å². The van der Waals surface area contributed by atoms with E-state index in [1.54, 1.807) is 23.5 Å². The number of likely N-dealkylation sites (tertiary alicyclic amines) is 1. The molecule has 4 heterocycles. The number of Topliss-reactive ketones (excluding diaryl/α,β-unsaturated/α-hetero) is 1. The number of likely N-dealkylation sites (N-methyl/N-ethyl adjacent to an activating group) is 1. The predicted molar refractivity (Wildman–Crippen MR) is 147 cm³/mol. The molecule has 2 amide bonds. The molecule has 5 rings (SSSR count). The largest absolute Gasteiger partial charge is 0.366 e. The molecule has 39 heavy (non-hydrogen) atoms. The minimum Gasteiger partial charge on any atom is -0.366 e. The average molecular weight is 551 g/mol. The van der Waals surface area contributed by atoms with Crippen molar-refractivity contribution < 1.29 is 19.1 Å². The summed E-state index contributed by atoms with van der Waals surface area (Å²) in [5, 5.41) is 15.4. The number of fused-ring (bicyclic) bond motifs is 1. The minimum absolute atomic E-state index is 0.0965. The Kier molecular flexibility index (Phi) is 7.98. The van der Waals surface area contributed by atoms with Crippen LogP contribution in [0.2, 0.25) is 0 Å². The molecule has 1 N–H and O–H groups in total. The van der Waals surface area contributed by atoms with Crippen molar-refractivity contribution in [3.8, 4) is 17.3 Å². The molecule has 0 bridgehead atoms. The molecule has 3 aliphatic rings. The Bertz CT molecular complexity index is 1260. The molecule has 0 saturated carbocycles. The number of thiazole rings is 1. The second-order valence-electron chi connectivity index (χ2n) is 11.0. The number of hydrogen-bond acceptors (Lipinski definition) is 9. The van der Waals surface area contributed by atoms with Crippen LogP contribution in [0.3, 0.4) is 0 Å². The van der Waals surface area contributed by atoms with E-state index in [1.807, 2.05) is 31.4 Å². The zero-order valence-electron chi connectivity index (χ0n) is 22.5. The Labute approximate surface area is 232 Å². The van der Waals surface area contributed by atoms with Gasteiger partial charge in [0.25, 0.3) is 5.91 Å². The summed E-state index contributed by atoms with van der Waals surface area (Å²) in [6, 6.07) is 7.80. The summed E-state index contributed by atoms with van der Waals surface area (Å²) in [4.78, 5) is 50.1. The number of aromatic nitrogens is 1. The Balaban J connectivity index is 1.27. The minimum atomic E-state index is -0.812. The highest BCUT2D eigenvalue weighted by Crippen LogP contribution is 2.32. The van der Waals surface area contributed by atoms with Gasteiger partial charge >= 0.3 is 0 Å². The molecular formula is C28H34N6O4S. The van der Waals surface area contributed by atoms with E-state index in [4.69, 9.17) is 9.72 Å². The molecule has 10 nitrogen and oxygen atoms in total. The quantitative estimate of drug-likeness (QED) is 0.556. The third-order valence-corrected chi connectivity index (χ3v) is 8.55. The van der Waals surface area contributed by atoms with Crippen molar-refractivity contribution >= 4 is 34.1 Å². The fourth-order valence-electron chi connectivity index (χ4n) is 5.46. The molecule has 1 aromatic carbocycles. The van der Waals surface area contributed by atoms with Crippen LogP contribution in [-0.2, 0) is 14.3 Å². The van der Waals surface area contributed by atoms with Crippen LogP contribution in [0.25, 0.3) is 11.3 Å². The third kappa shape index (κ3) is 5.69. The van der Waals surface area contributed by atoms with Crippen molar-refractivity contribution in [3.05, 3.63) is 35.2 Å². The number of benzene rings is 1. The second-order valence-corrected chi connectivity index (χ2v) is 11.8. The van der Waals surface area contributed by atoms with Gasteiger partial charge in [-0.2, -0.15) is 5.26 Å². The molecule has 2 aromatic rings. The lowest BCUT2D eigenvalue weighted by atomic mass is 10.0. The molecule has 1 aromatic heterocycles. The number of ether oxygens (including phenoxy) is 1. The first-order chi connectivity index (χ1) is 18.7. The van der Waals surface area contributed by atoms with Gasteiger partial charge in [-0.05, 0) is 31.5 Å². The van der Waals surface area contributed by atoms with Crippen molar-refractivity contribution in [1.29, 1.82) is 5.26 Å². The summed E-state index contributed by atoms with van der Waals surface area (Å²) in [7, 11) is 2.13. The van der Waals surface area contributed by atoms with Gasteiger partial charge in [-0.15, -0.1) is 11.3 Å². The van der Waals surface area contributed by atoms with E-state index in [9.17, 15) is 19.6 Å². The number of hydrogen-bond donors (Lipinski definition) is 1. The highest BCUT2D eigenvalue weighted by Gasteiger charge is 2.53. The summed E-state index contributed by atoms with van der Waals surface area (Å²) in [6.07, 6.45) is -0.187. The average Bonchev–Trinajstić information content (AvgIpc) is 3.65. The monoisotopic (exact) mass is 550 g/mol. The maximum atomic E-state index is 13.6. The fraction of sp³-hybridized carbons (Fsp3) is 0.536. The van der Waals surface area contributed by atoms with Crippen molar-refractivity contribution in [3.63, 3.8) is 0 Å². The number of anilines is 1. The molecule has 3 saturated heterocycles.